The van der Waals surface area contributed by atoms with Gasteiger partial charge in [0.05, 0.1) is 32.5 Å². The van der Waals surface area contributed by atoms with Gasteiger partial charge in [-0.3, -0.25) is 23.9 Å². The zero-order valence-electron chi connectivity index (χ0n) is 25.2. The van der Waals surface area contributed by atoms with Gasteiger partial charge in [-0.15, -0.1) is 11.6 Å². The third-order valence-corrected chi connectivity index (χ3v) is 7.04. The summed E-state index contributed by atoms with van der Waals surface area (Å²) in [5.41, 5.74) is -1.35. The van der Waals surface area contributed by atoms with Crippen molar-refractivity contribution >= 4 is 23.3 Å². The molecule has 2 rings (SSSR count). The molecule has 1 saturated heterocycles. The third-order valence-electron chi connectivity index (χ3n) is 6.78. The van der Waals surface area contributed by atoms with Crippen LogP contribution in [-0.2, 0) is 28.5 Å². The molecular formula is C30H46ClN3O10. The standard InChI is InChI=1S/C30H46ClN3O10/c31-12-3-1-2-4-14-42-18-19-43-17-13-32-27(38)11-5-9-24(36)10-7-16-41-15-6-8-23-21-34(30(40)33-29(23)39)28-20-25(37)26(22-35)44-28/h21,25-26,28,35,37H,1-5,7,9-20,22H2,(H,32,38)(H,33,39,40)/t25?,26-,28-/m1/s1. The van der Waals surface area contributed by atoms with Crippen molar-refractivity contribution in [3.05, 3.63) is 32.6 Å². The summed E-state index contributed by atoms with van der Waals surface area (Å²) in [4.78, 5) is 50.4. The number of nitrogens with zero attached hydrogens (tertiary/aromatic N) is 1. The number of aliphatic hydroxyl groups excluding tert-OH is 2. The van der Waals surface area contributed by atoms with Crippen LogP contribution in [0.25, 0.3) is 0 Å². The van der Waals surface area contributed by atoms with E-state index in [0.717, 1.165) is 30.3 Å². The van der Waals surface area contributed by atoms with Gasteiger partial charge in [0, 0.05) is 57.5 Å². The van der Waals surface area contributed by atoms with Crippen LogP contribution in [-0.4, -0.2) is 102 Å². The summed E-state index contributed by atoms with van der Waals surface area (Å²) in [5.74, 6) is 5.99. The van der Waals surface area contributed by atoms with Gasteiger partial charge in [0.1, 0.15) is 30.3 Å². The molecule has 1 fully saturated rings. The molecular weight excluding hydrogens is 598 g/mol. The second-order valence-corrected chi connectivity index (χ2v) is 10.7. The average molecular weight is 644 g/mol. The lowest BCUT2D eigenvalue weighted by Gasteiger charge is -2.14. The fraction of sp³-hybridized carbons (Fsp3) is 0.733. The van der Waals surface area contributed by atoms with E-state index in [-0.39, 0.29) is 36.7 Å². The lowest BCUT2D eigenvalue weighted by molar-refractivity contribution is -0.122. The van der Waals surface area contributed by atoms with Gasteiger partial charge in [-0.1, -0.05) is 24.7 Å². The molecule has 0 bridgehead atoms. The largest absolute Gasteiger partial charge is 0.394 e. The van der Waals surface area contributed by atoms with Gasteiger partial charge in [-0.05, 0) is 25.7 Å². The highest BCUT2D eigenvalue weighted by molar-refractivity contribution is 6.17. The van der Waals surface area contributed by atoms with E-state index >= 15 is 0 Å². The van der Waals surface area contributed by atoms with E-state index in [2.05, 4.69) is 22.1 Å². The molecule has 1 aliphatic rings. The van der Waals surface area contributed by atoms with E-state index in [1.807, 2.05) is 0 Å². The number of carbonyl (C=O) groups excluding carboxylic acids is 2. The number of rotatable bonds is 23. The number of carbonyl (C=O) groups is 2. The number of aliphatic hydroxyl groups is 2. The minimum absolute atomic E-state index is 0.0182. The summed E-state index contributed by atoms with van der Waals surface area (Å²) in [7, 11) is 0. The van der Waals surface area contributed by atoms with Crippen molar-refractivity contribution in [3.8, 4) is 11.8 Å². The lowest BCUT2D eigenvalue weighted by Crippen LogP contribution is -2.33. The molecule has 1 unspecified atom stereocenters. The molecule has 0 aromatic carbocycles. The molecule has 1 amide bonds. The van der Waals surface area contributed by atoms with Crippen molar-refractivity contribution in [3.63, 3.8) is 0 Å². The number of hydrogen-bond acceptors (Lipinski definition) is 10. The number of Topliss-reactive ketones (excluding diaryl/α,β-unsaturated/α-hetero) is 1. The van der Waals surface area contributed by atoms with E-state index in [0.29, 0.717) is 71.1 Å². The van der Waals surface area contributed by atoms with Crippen molar-refractivity contribution in [2.24, 2.45) is 0 Å². The van der Waals surface area contributed by atoms with Crippen molar-refractivity contribution in [1.29, 1.82) is 0 Å². The van der Waals surface area contributed by atoms with E-state index in [4.69, 9.17) is 30.5 Å². The molecule has 13 nitrogen and oxygen atoms in total. The summed E-state index contributed by atoms with van der Waals surface area (Å²) in [6.45, 7) is 2.46. The molecule has 1 aliphatic heterocycles. The van der Waals surface area contributed by atoms with Crippen molar-refractivity contribution in [2.45, 2.75) is 82.6 Å². The number of aromatic amines is 1. The van der Waals surface area contributed by atoms with E-state index < -0.39 is 36.3 Å². The minimum atomic E-state index is -0.933. The average Bonchev–Trinajstić information content (AvgIpc) is 3.38. The molecule has 44 heavy (non-hydrogen) atoms. The van der Waals surface area contributed by atoms with Crippen LogP contribution in [0.5, 0.6) is 0 Å². The van der Waals surface area contributed by atoms with Gasteiger partial charge in [0.25, 0.3) is 5.56 Å². The highest BCUT2D eigenvalue weighted by Crippen LogP contribution is 2.27. The normalized spacial score (nSPS) is 17.8. The summed E-state index contributed by atoms with van der Waals surface area (Å²) in [6, 6.07) is 0. The Morgan fingerprint density at radius 1 is 1.00 bits per heavy atom. The lowest BCUT2D eigenvalue weighted by atomic mass is 10.1. The zero-order chi connectivity index (χ0) is 32.0. The van der Waals surface area contributed by atoms with Crippen molar-refractivity contribution < 1.29 is 38.7 Å². The van der Waals surface area contributed by atoms with Crippen LogP contribution in [0.1, 0.15) is 76.0 Å². The third kappa shape index (κ3) is 15.4. The van der Waals surface area contributed by atoms with Crippen LogP contribution in [0.2, 0.25) is 0 Å². The van der Waals surface area contributed by atoms with Gasteiger partial charge in [-0.2, -0.15) is 0 Å². The number of nitrogens with one attached hydrogen (secondary N) is 2. The summed E-state index contributed by atoms with van der Waals surface area (Å²) in [5, 5.41) is 21.9. The van der Waals surface area contributed by atoms with Crippen LogP contribution in [0, 0.1) is 11.8 Å². The molecule has 0 aliphatic carbocycles. The predicted octanol–water partition coefficient (Wildman–Crippen LogP) is 1.01. The fourth-order valence-electron chi connectivity index (χ4n) is 4.36. The van der Waals surface area contributed by atoms with Gasteiger partial charge in [-0.25, -0.2) is 4.79 Å². The van der Waals surface area contributed by atoms with Gasteiger partial charge >= 0.3 is 5.69 Å². The van der Waals surface area contributed by atoms with E-state index in [9.17, 15) is 29.4 Å². The maximum atomic E-state index is 12.2. The number of alkyl halides is 1. The van der Waals surface area contributed by atoms with Gasteiger partial charge in [0.15, 0.2) is 0 Å². The second-order valence-electron chi connectivity index (χ2n) is 10.4. The maximum Gasteiger partial charge on any atom is 0.330 e. The molecule has 1 aromatic heterocycles. The number of ketones is 1. The molecule has 0 spiro atoms. The van der Waals surface area contributed by atoms with Crippen LogP contribution < -0.4 is 16.6 Å². The van der Waals surface area contributed by atoms with Crippen molar-refractivity contribution in [2.75, 3.05) is 58.7 Å². The molecule has 0 saturated carbocycles. The Morgan fingerprint density at radius 2 is 1.73 bits per heavy atom. The summed E-state index contributed by atoms with van der Waals surface area (Å²) in [6.07, 6.45) is 4.93. The molecule has 1 aromatic rings. The highest BCUT2D eigenvalue weighted by atomic mass is 35.5. The van der Waals surface area contributed by atoms with Crippen molar-refractivity contribution in [1.82, 2.24) is 14.9 Å². The van der Waals surface area contributed by atoms with Crippen LogP contribution in [0.4, 0.5) is 0 Å². The van der Waals surface area contributed by atoms with Gasteiger partial charge in [0.2, 0.25) is 5.91 Å². The Morgan fingerprint density at radius 3 is 2.48 bits per heavy atom. The first-order valence-electron chi connectivity index (χ1n) is 15.2. The smallest absolute Gasteiger partial charge is 0.330 e. The predicted molar refractivity (Wildman–Crippen MR) is 163 cm³/mol. The quantitative estimate of drug-likeness (QED) is 0.0764. The Balaban J connectivity index is 1.49. The molecule has 3 atom stereocenters. The Hall–Kier alpha value is -2.57. The second kappa shape index (κ2) is 22.9. The number of ether oxygens (including phenoxy) is 4. The molecule has 4 N–H and O–H groups in total. The maximum absolute atomic E-state index is 12.2. The number of hydrogen-bond donors (Lipinski definition) is 4. The SMILES string of the molecule is O=C(CCCOCC#Cc1cn([C@H]2CC(O)[C@@H](CO)O2)c(=O)[nH]c1=O)CCCC(=O)NCCOCCOCCCCCCCl. The van der Waals surface area contributed by atoms with Crippen LogP contribution in [0.15, 0.2) is 15.8 Å². The highest BCUT2D eigenvalue weighted by Gasteiger charge is 2.35. The molecule has 14 heteroatoms. The Labute approximate surface area is 262 Å². The topological polar surface area (TPSA) is 178 Å². The molecule has 0 radical (unpaired) electrons. The van der Waals surface area contributed by atoms with E-state index in [1.54, 1.807) is 0 Å². The minimum Gasteiger partial charge on any atom is -0.394 e. The summed E-state index contributed by atoms with van der Waals surface area (Å²) >= 11 is 5.64. The number of H-pyrrole nitrogens is 1. The Kier molecular flexibility index (Phi) is 19.5. The van der Waals surface area contributed by atoms with Crippen LogP contribution >= 0.6 is 11.6 Å². The first-order valence-corrected chi connectivity index (χ1v) is 15.8. The molecule has 2 heterocycles. The Bertz CT molecular complexity index is 1160. The number of aromatic nitrogens is 2. The summed E-state index contributed by atoms with van der Waals surface area (Å²) < 4.78 is 22.9. The fourth-order valence-corrected chi connectivity index (χ4v) is 4.55. The van der Waals surface area contributed by atoms with Crippen LogP contribution in [0.3, 0.4) is 0 Å². The van der Waals surface area contributed by atoms with Gasteiger partial charge < -0.3 is 34.5 Å². The molecule has 248 valence electrons. The first kappa shape index (κ1) is 37.6. The number of halogens is 1. The monoisotopic (exact) mass is 643 g/mol. The number of unbranched alkanes of at least 4 members (excludes halogenated alkanes) is 3. The first-order chi connectivity index (χ1) is 21.3. The zero-order valence-corrected chi connectivity index (χ0v) is 26.0. The number of amides is 1. The van der Waals surface area contributed by atoms with E-state index in [1.165, 1.54) is 6.20 Å².